The maximum atomic E-state index is 12.5. The van der Waals surface area contributed by atoms with Crippen LogP contribution in [0.5, 0.6) is 5.75 Å². The second-order valence-electron chi connectivity index (χ2n) is 9.25. The molecule has 8 nitrogen and oxygen atoms in total. The van der Waals surface area contributed by atoms with Gasteiger partial charge in [-0.15, -0.1) is 0 Å². The van der Waals surface area contributed by atoms with Crippen LogP contribution in [0, 0.1) is 0 Å². The number of benzene rings is 2. The number of carbonyl (C=O) groups is 1. The average molecular weight is 562 g/mol. The van der Waals surface area contributed by atoms with E-state index in [-0.39, 0.29) is 12.3 Å². The van der Waals surface area contributed by atoms with Crippen molar-refractivity contribution in [3.63, 3.8) is 0 Å². The van der Waals surface area contributed by atoms with Crippen LogP contribution in [0.4, 0.5) is 5.69 Å². The van der Waals surface area contributed by atoms with E-state index < -0.39 is 12.1 Å². The van der Waals surface area contributed by atoms with E-state index in [0.717, 1.165) is 56.6 Å². The van der Waals surface area contributed by atoms with Crippen LogP contribution in [0.2, 0.25) is 10.0 Å². The molecular formula is C28H33Cl2N3O5. The van der Waals surface area contributed by atoms with Gasteiger partial charge in [-0.3, -0.25) is 14.3 Å². The number of aromatic nitrogens is 1. The van der Waals surface area contributed by atoms with E-state index in [1.807, 2.05) is 36.4 Å². The number of carbonyl (C=O) groups excluding carboxylic acids is 1. The zero-order chi connectivity index (χ0) is 27.1. The van der Waals surface area contributed by atoms with Gasteiger partial charge in [0.1, 0.15) is 5.75 Å². The van der Waals surface area contributed by atoms with Crippen molar-refractivity contribution >= 4 is 45.8 Å². The molecule has 0 saturated carbocycles. The Labute approximate surface area is 232 Å². The fraction of sp³-hybridized carbons (Fsp3) is 0.429. The normalized spacial score (nSPS) is 15.0. The number of nitrogens with zero attached hydrogens (tertiary/aromatic N) is 3. The minimum absolute atomic E-state index is 0.192. The van der Waals surface area contributed by atoms with Gasteiger partial charge in [0.2, 0.25) is 0 Å². The molecule has 1 atom stereocenters. The Balaban J connectivity index is 1.24. The largest absolute Gasteiger partial charge is 0.494 e. The molecule has 2 heterocycles. The number of anilines is 1. The van der Waals surface area contributed by atoms with Gasteiger partial charge in [-0.25, -0.2) is 4.79 Å². The van der Waals surface area contributed by atoms with Gasteiger partial charge in [0.05, 0.1) is 27.9 Å². The number of hydrogen-bond donors (Lipinski definition) is 0. The van der Waals surface area contributed by atoms with Crippen molar-refractivity contribution in [1.82, 2.24) is 9.47 Å². The summed E-state index contributed by atoms with van der Waals surface area (Å²) in [5.41, 5.74) is 1.38. The van der Waals surface area contributed by atoms with Gasteiger partial charge in [-0.1, -0.05) is 29.3 Å². The molecule has 38 heavy (non-hydrogen) atoms. The highest BCUT2D eigenvalue weighted by Crippen LogP contribution is 2.32. The quantitative estimate of drug-likeness (QED) is 0.245. The number of esters is 1. The molecule has 0 radical (unpaired) electrons. The van der Waals surface area contributed by atoms with Gasteiger partial charge in [0.15, 0.2) is 12.8 Å². The highest BCUT2D eigenvalue weighted by molar-refractivity contribution is 6.43. The predicted molar refractivity (Wildman–Crippen MR) is 151 cm³/mol. The Morgan fingerprint density at radius 1 is 1.03 bits per heavy atom. The standard InChI is InChI=1S/C28H33Cl2N3O5/c1-20(36-2)28(35)38-19-33-25-18-22(10-8-21(25)9-11-26(33)34)37-17-4-3-12-31-13-15-32(16-14-31)24-7-5-6-23(29)27(24)30/h5-11,18,20H,3-4,12-17,19H2,1-2H3. The van der Waals surface area contributed by atoms with Crippen LogP contribution >= 0.6 is 23.2 Å². The van der Waals surface area contributed by atoms with Crippen molar-refractivity contribution in [2.45, 2.75) is 32.6 Å². The van der Waals surface area contributed by atoms with Crippen LogP contribution in [0.1, 0.15) is 19.8 Å². The fourth-order valence-corrected chi connectivity index (χ4v) is 4.82. The summed E-state index contributed by atoms with van der Waals surface area (Å²) in [6.45, 7) is 6.74. The summed E-state index contributed by atoms with van der Waals surface area (Å²) in [5.74, 6) is 0.138. The first-order valence-electron chi connectivity index (χ1n) is 12.7. The number of piperazine rings is 1. The zero-order valence-corrected chi connectivity index (χ0v) is 23.2. The number of hydrogen-bond acceptors (Lipinski definition) is 7. The summed E-state index contributed by atoms with van der Waals surface area (Å²) in [7, 11) is 1.43. The van der Waals surface area contributed by atoms with Gasteiger partial charge in [0, 0.05) is 45.4 Å². The summed E-state index contributed by atoms with van der Waals surface area (Å²) < 4.78 is 17.6. The van der Waals surface area contributed by atoms with Gasteiger partial charge >= 0.3 is 5.97 Å². The Morgan fingerprint density at radius 2 is 1.79 bits per heavy atom. The molecule has 0 N–H and O–H groups in total. The smallest absolute Gasteiger partial charge is 0.336 e. The molecule has 0 amide bonds. The van der Waals surface area contributed by atoms with Crippen molar-refractivity contribution in [1.29, 1.82) is 0 Å². The van der Waals surface area contributed by atoms with E-state index in [2.05, 4.69) is 9.80 Å². The van der Waals surface area contributed by atoms with E-state index in [9.17, 15) is 9.59 Å². The average Bonchev–Trinajstić information content (AvgIpc) is 2.93. The summed E-state index contributed by atoms with van der Waals surface area (Å²) in [4.78, 5) is 29.2. The lowest BCUT2D eigenvalue weighted by Crippen LogP contribution is -2.46. The molecule has 1 fully saturated rings. The highest BCUT2D eigenvalue weighted by atomic mass is 35.5. The lowest BCUT2D eigenvalue weighted by atomic mass is 10.2. The maximum Gasteiger partial charge on any atom is 0.336 e. The minimum atomic E-state index is -0.704. The minimum Gasteiger partial charge on any atom is -0.494 e. The van der Waals surface area contributed by atoms with Crippen molar-refractivity contribution in [2.75, 3.05) is 51.3 Å². The van der Waals surface area contributed by atoms with E-state index >= 15 is 0 Å². The molecule has 0 bridgehead atoms. The molecular weight excluding hydrogens is 529 g/mol. The van der Waals surface area contributed by atoms with Crippen LogP contribution in [0.25, 0.3) is 10.9 Å². The molecule has 4 rings (SSSR count). The number of halogens is 2. The molecule has 1 aromatic heterocycles. The molecule has 3 aromatic rings. The van der Waals surface area contributed by atoms with Crippen LogP contribution in [0.15, 0.2) is 53.3 Å². The van der Waals surface area contributed by atoms with E-state index in [1.54, 1.807) is 13.0 Å². The topological polar surface area (TPSA) is 73.2 Å². The first-order valence-corrected chi connectivity index (χ1v) is 13.5. The Bertz CT molecular complexity index is 1310. The Hall–Kier alpha value is -2.78. The van der Waals surface area contributed by atoms with E-state index in [0.29, 0.717) is 27.9 Å². The Morgan fingerprint density at radius 3 is 2.55 bits per heavy atom. The second-order valence-corrected chi connectivity index (χ2v) is 10.0. The molecule has 0 spiro atoms. The molecule has 1 unspecified atom stereocenters. The highest BCUT2D eigenvalue weighted by Gasteiger charge is 2.19. The monoisotopic (exact) mass is 561 g/mol. The summed E-state index contributed by atoms with van der Waals surface area (Å²) in [6, 6.07) is 14.6. The molecule has 204 valence electrons. The molecule has 2 aromatic carbocycles. The van der Waals surface area contributed by atoms with Crippen molar-refractivity contribution in [2.24, 2.45) is 0 Å². The number of pyridine rings is 1. The lowest BCUT2D eigenvalue weighted by Gasteiger charge is -2.36. The molecule has 1 aliphatic rings. The second kappa shape index (κ2) is 13.3. The third-order valence-corrected chi connectivity index (χ3v) is 7.58. The van der Waals surface area contributed by atoms with Crippen molar-refractivity contribution < 1.29 is 19.0 Å². The summed E-state index contributed by atoms with van der Waals surface area (Å²) in [6.07, 6.45) is 1.22. The Kier molecular flexibility index (Phi) is 9.91. The molecule has 0 aliphatic carbocycles. The molecule has 10 heteroatoms. The van der Waals surface area contributed by atoms with Gasteiger partial charge in [0.25, 0.3) is 5.56 Å². The van der Waals surface area contributed by atoms with Crippen LogP contribution in [-0.4, -0.2) is 68.0 Å². The maximum absolute atomic E-state index is 12.5. The molecule has 1 saturated heterocycles. The first-order chi connectivity index (χ1) is 18.4. The number of ether oxygens (including phenoxy) is 3. The number of methoxy groups -OCH3 is 1. The number of unbranched alkanes of at least 4 members (excludes halogenated alkanes) is 1. The van der Waals surface area contributed by atoms with Gasteiger partial charge < -0.3 is 19.1 Å². The first kappa shape index (κ1) is 28.2. The van der Waals surface area contributed by atoms with Crippen LogP contribution in [-0.2, 0) is 21.0 Å². The van der Waals surface area contributed by atoms with E-state index in [4.69, 9.17) is 37.4 Å². The zero-order valence-electron chi connectivity index (χ0n) is 21.7. The summed E-state index contributed by atoms with van der Waals surface area (Å²) in [5, 5.41) is 2.06. The van der Waals surface area contributed by atoms with Crippen LogP contribution in [0.3, 0.4) is 0 Å². The predicted octanol–water partition coefficient (Wildman–Crippen LogP) is 4.83. The van der Waals surface area contributed by atoms with E-state index in [1.165, 1.54) is 17.7 Å². The number of fused-ring (bicyclic) bond motifs is 1. The lowest BCUT2D eigenvalue weighted by molar-refractivity contribution is -0.158. The third-order valence-electron chi connectivity index (χ3n) is 6.77. The van der Waals surface area contributed by atoms with Crippen molar-refractivity contribution in [3.8, 4) is 5.75 Å². The fourth-order valence-electron chi connectivity index (χ4n) is 4.41. The third kappa shape index (κ3) is 6.99. The van der Waals surface area contributed by atoms with Crippen molar-refractivity contribution in [3.05, 3.63) is 68.9 Å². The summed E-state index contributed by atoms with van der Waals surface area (Å²) >= 11 is 12.6. The van der Waals surface area contributed by atoms with Gasteiger partial charge in [-0.05, 0) is 62.0 Å². The molecule has 1 aliphatic heterocycles. The number of rotatable bonds is 11. The van der Waals surface area contributed by atoms with Crippen LogP contribution < -0.4 is 15.2 Å². The SMILES string of the molecule is COC(C)C(=O)OCn1c(=O)ccc2ccc(OCCCCN3CCN(c4cccc(Cl)c4Cl)CC3)cc21. The van der Waals surface area contributed by atoms with Gasteiger partial charge in [-0.2, -0.15) is 0 Å².